The normalized spacial score (nSPS) is 11.4. The van der Waals surface area contributed by atoms with Crippen molar-refractivity contribution in [2.75, 3.05) is 10.6 Å². The maximum absolute atomic E-state index is 13.2. The minimum Gasteiger partial charge on any atom is -0.389 e. The number of benzene rings is 1. The van der Waals surface area contributed by atoms with E-state index in [1.54, 1.807) is 61.1 Å². The lowest BCUT2D eigenvalue weighted by Gasteiger charge is -2.20. The number of thiophene rings is 1. The third kappa shape index (κ3) is 5.01. The number of anilines is 2. The van der Waals surface area contributed by atoms with E-state index in [0.717, 1.165) is 11.6 Å². The van der Waals surface area contributed by atoms with Crippen LogP contribution in [-0.4, -0.2) is 37.1 Å². The first-order valence-corrected chi connectivity index (χ1v) is 11.5. The summed E-state index contributed by atoms with van der Waals surface area (Å²) in [6.07, 6.45) is 4.46. The zero-order valence-electron chi connectivity index (χ0n) is 18.5. The molecule has 3 N–H and O–H groups in total. The Morgan fingerprint density at radius 3 is 2.74 bits per heavy atom. The van der Waals surface area contributed by atoms with Gasteiger partial charge in [-0.15, -0.1) is 11.3 Å². The van der Waals surface area contributed by atoms with E-state index in [0.29, 0.717) is 31.5 Å². The molecule has 0 aliphatic heterocycles. The molecule has 0 aliphatic carbocycles. The van der Waals surface area contributed by atoms with E-state index in [1.807, 2.05) is 6.07 Å². The smallest absolute Gasteiger partial charge is 0.268 e. The van der Waals surface area contributed by atoms with Crippen LogP contribution < -0.4 is 10.6 Å². The highest BCUT2D eigenvalue weighted by atomic mass is 35.5. The van der Waals surface area contributed by atoms with Gasteiger partial charge >= 0.3 is 0 Å². The molecule has 34 heavy (non-hydrogen) atoms. The lowest BCUT2D eigenvalue weighted by atomic mass is 10.1. The van der Waals surface area contributed by atoms with Gasteiger partial charge in [-0.3, -0.25) is 19.9 Å². The van der Waals surface area contributed by atoms with Crippen LogP contribution in [0.1, 0.15) is 23.5 Å². The van der Waals surface area contributed by atoms with Gasteiger partial charge in [0.2, 0.25) is 11.9 Å². The highest BCUT2D eigenvalue weighted by Gasteiger charge is 2.23. The molecule has 0 bridgehead atoms. The Hall–Kier alpha value is -3.53. The molecule has 0 saturated heterocycles. The number of carbonyl (C=O) groups is 2. The van der Waals surface area contributed by atoms with Crippen LogP contribution in [0.25, 0.3) is 21.5 Å². The fourth-order valence-corrected chi connectivity index (χ4v) is 4.70. The van der Waals surface area contributed by atoms with Crippen LogP contribution >= 0.6 is 22.9 Å². The third-order valence-corrected chi connectivity index (χ3v) is 6.30. The van der Waals surface area contributed by atoms with Crippen LogP contribution in [0.15, 0.2) is 61.4 Å². The largest absolute Gasteiger partial charge is 0.389 e. The minimum atomic E-state index is -1.08. The second-order valence-corrected chi connectivity index (χ2v) is 9.64. The number of nitrogens with zero attached hydrogens (tertiary/aromatic N) is 3. The van der Waals surface area contributed by atoms with Gasteiger partial charge in [-0.1, -0.05) is 30.3 Å². The molecule has 3 heterocycles. The van der Waals surface area contributed by atoms with Crippen molar-refractivity contribution in [2.45, 2.75) is 26.0 Å². The highest BCUT2D eigenvalue weighted by molar-refractivity contribution is 7.18. The number of amides is 2. The van der Waals surface area contributed by atoms with Crippen LogP contribution in [0.5, 0.6) is 0 Å². The molecule has 0 aliphatic rings. The molecule has 0 spiro atoms. The molecule has 0 unspecified atom stereocenters. The van der Waals surface area contributed by atoms with Crippen molar-refractivity contribution in [1.82, 2.24) is 14.5 Å². The average molecular weight is 496 g/mol. The highest BCUT2D eigenvalue weighted by Crippen LogP contribution is 2.37. The van der Waals surface area contributed by atoms with Crippen LogP contribution in [0.3, 0.4) is 0 Å². The molecule has 10 heteroatoms. The fraction of sp³-hybridized carbons (Fsp3) is 0.167. The Morgan fingerprint density at radius 2 is 2.06 bits per heavy atom. The molecule has 8 nitrogen and oxygen atoms in total. The third-order valence-electron chi connectivity index (χ3n) is 4.81. The SMILES string of the molecule is C=CC(=O)Nc1cc(C(=O)Nc2nc3cccc(Cl)c3n2CC(C)(C)O)sc1-c1cccnc1. The second kappa shape index (κ2) is 9.38. The minimum absolute atomic E-state index is 0.162. The summed E-state index contributed by atoms with van der Waals surface area (Å²) in [7, 11) is 0. The van der Waals surface area contributed by atoms with Gasteiger partial charge in [0.05, 0.1) is 43.6 Å². The first kappa shape index (κ1) is 23.6. The molecule has 0 radical (unpaired) electrons. The van der Waals surface area contributed by atoms with Gasteiger partial charge < -0.3 is 15.0 Å². The Bertz CT molecular complexity index is 1390. The monoisotopic (exact) mass is 495 g/mol. The van der Waals surface area contributed by atoms with E-state index in [4.69, 9.17) is 11.6 Å². The van der Waals surface area contributed by atoms with Gasteiger partial charge in [0.15, 0.2) is 0 Å². The zero-order valence-corrected chi connectivity index (χ0v) is 20.1. The van der Waals surface area contributed by atoms with E-state index in [9.17, 15) is 14.7 Å². The number of imidazole rings is 1. The topological polar surface area (TPSA) is 109 Å². The van der Waals surface area contributed by atoms with E-state index in [-0.39, 0.29) is 12.5 Å². The molecule has 4 aromatic rings. The summed E-state index contributed by atoms with van der Waals surface area (Å²) in [5.74, 6) is -0.558. The Morgan fingerprint density at radius 1 is 1.26 bits per heavy atom. The Balaban J connectivity index is 1.73. The first-order valence-electron chi connectivity index (χ1n) is 10.3. The van der Waals surface area contributed by atoms with Gasteiger partial charge in [0, 0.05) is 18.0 Å². The lowest BCUT2D eigenvalue weighted by Crippen LogP contribution is -2.27. The van der Waals surface area contributed by atoms with Gasteiger partial charge in [-0.25, -0.2) is 4.98 Å². The fourth-order valence-electron chi connectivity index (χ4n) is 3.43. The van der Waals surface area contributed by atoms with E-state index >= 15 is 0 Å². The Kier molecular flexibility index (Phi) is 6.52. The Labute approximate surface area is 204 Å². The second-order valence-electron chi connectivity index (χ2n) is 8.18. The average Bonchev–Trinajstić information content (AvgIpc) is 3.35. The van der Waals surface area contributed by atoms with Gasteiger partial charge in [-0.05, 0) is 44.2 Å². The molecule has 174 valence electrons. The van der Waals surface area contributed by atoms with Crippen molar-refractivity contribution < 1.29 is 14.7 Å². The number of fused-ring (bicyclic) bond motifs is 1. The number of aliphatic hydroxyl groups is 1. The van der Waals surface area contributed by atoms with Gasteiger partial charge in [0.25, 0.3) is 5.91 Å². The van der Waals surface area contributed by atoms with Crippen molar-refractivity contribution in [3.8, 4) is 10.4 Å². The predicted molar refractivity (Wildman–Crippen MR) is 135 cm³/mol. The molecular weight excluding hydrogens is 474 g/mol. The van der Waals surface area contributed by atoms with Crippen LogP contribution in [-0.2, 0) is 11.3 Å². The van der Waals surface area contributed by atoms with Crippen LogP contribution in [0.4, 0.5) is 11.6 Å². The number of halogens is 1. The summed E-state index contributed by atoms with van der Waals surface area (Å²) < 4.78 is 1.69. The summed E-state index contributed by atoms with van der Waals surface area (Å²) in [5.41, 5.74) is 1.36. The van der Waals surface area contributed by atoms with Crippen molar-refractivity contribution in [3.05, 3.63) is 71.3 Å². The van der Waals surface area contributed by atoms with Crippen molar-refractivity contribution in [2.24, 2.45) is 0 Å². The van der Waals surface area contributed by atoms with Gasteiger partial charge in [0.1, 0.15) is 0 Å². The maximum atomic E-state index is 13.2. The number of nitrogens with one attached hydrogen (secondary N) is 2. The molecular formula is C24H22ClN5O3S. The molecule has 0 fully saturated rings. The summed E-state index contributed by atoms with van der Waals surface area (Å²) in [5, 5.41) is 16.5. The molecule has 0 saturated carbocycles. The number of carbonyl (C=O) groups excluding carboxylic acids is 2. The van der Waals surface area contributed by atoms with Crippen molar-refractivity contribution >= 4 is 57.4 Å². The molecule has 0 atom stereocenters. The standard InChI is InChI=1S/C24H22ClN5O3S/c1-4-19(31)27-17-11-18(34-21(17)14-7-6-10-26-12-14)22(32)29-23-28-16-9-5-8-15(25)20(16)30(23)13-24(2,3)33/h4-12,33H,1,13H2,2-3H3,(H,27,31)(H,28,29,32). The number of hydrogen-bond acceptors (Lipinski definition) is 6. The number of pyridine rings is 1. The predicted octanol–water partition coefficient (Wildman–Crippen LogP) is 4.96. The number of para-hydroxylation sites is 1. The first-order chi connectivity index (χ1) is 16.2. The van der Waals surface area contributed by atoms with E-state index in [2.05, 4.69) is 27.2 Å². The molecule has 1 aromatic carbocycles. The van der Waals surface area contributed by atoms with Gasteiger partial charge in [-0.2, -0.15) is 0 Å². The van der Waals surface area contributed by atoms with Crippen molar-refractivity contribution in [3.63, 3.8) is 0 Å². The maximum Gasteiger partial charge on any atom is 0.268 e. The number of rotatable bonds is 7. The zero-order chi connectivity index (χ0) is 24.5. The van der Waals surface area contributed by atoms with E-state index in [1.165, 1.54) is 11.3 Å². The van der Waals surface area contributed by atoms with Crippen LogP contribution in [0, 0.1) is 0 Å². The summed E-state index contributed by atoms with van der Waals surface area (Å²) in [6, 6.07) is 10.5. The molecule has 4 rings (SSSR count). The lowest BCUT2D eigenvalue weighted by molar-refractivity contribution is -0.111. The number of hydrogen-bond donors (Lipinski definition) is 3. The summed E-state index contributed by atoms with van der Waals surface area (Å²) in [6.45, 7) is 6.97. The number of aromatic nitrogens is 3. The van der Waals surface area contributed by atoms with Crippen LogP contribution in [0.2, 0.25) is 5.02 Å². The summed E-state index contributed by atoms with van der Waals surface area (Å²) >= 11 is 7.61. The summed E-state index contributed by atoms with van der Waals surface area (Å²) in [4.78, 5) is 34.9. The molecule has 2 amide bonds. The van der Waals surface area contributed by atoms with E-state index < -0.39 is 17.4 Å². The van der Waals surface area contributed by atoms with Crippen molar-refractivity contribution in [1.29, 1.82) is 0 Å². The quantitative estimate of drug-likeness (QED) is 0.314. The molecule has 3 aromatic heterocycles.